The Morgan fingerprint density at radius 1 is 0.974 bits per heavy atom. The molecule has 4 rings (SSSR count). The lowest BCUT2D eigenvalue weighted by Gasteiger charge is -2.49. The van der Waals surface area contributed by atoms with Crippen LogP contribution in [0.4, 0.5) is 0 Å². The number of nitrogens with zero attached hydrogens (tertiary/aromatic N) is 1. The van der Waals surface area contributed by atoms with Crippen molar-refractivity contribution in [3.8, 4) is 11.5 Å². The van der Waals surface area contributed by atoms with Gasteiger partial charge in [0, 0.05) is 47.8 Å². The third kappa shape index (κ3) is 5.88. The van der Waals surface area contributed by atoms with E-state index in [4.69, 9.17) is 21.1 Å². The van der Waals surface area contributed by atoms with Crippen molar-refractivity contribution in [1.29, 1.82) is 0 Å². The Kier molecular flexibility index (Phi) is 8.23. The highest BCUT2D eigenvalue weighted by molar-refractivity contribution is 6.32. The molecular weight excluding hydrogens is 518 g/mol. The number of allylic oxidation sites excluding steroid dienone is 4. The molecule has 212 valence electrons. The fourth-order valence-corrected chi connectivity index (χ4v) is 6.49. The number of carboxylic acid groups (broad SMARTS) is 1. The number of carbonyl (C=O) groups excluding carboxylic acids is 2. The Labute approximate surface area is 236 Å². The number of carbonyl (C=O) groups is 3. The quantitative estimate of drug-likeness (QED) is 0.361. The molecule has 0 spiro atoms. The van der Waals surface area contributed by atoms with Gasteiger partial charge in [-0.3, -0.25) is 14.4 Å². The van der Waals surface area contributed by atoms with E-state index in [1.54, 1.807) is 6.07 Å². The summed E-state index contributed by atoms with van der Waals surface area (Å²) in [4.78, 5) is 41.4. The number of hydrogen-bond acceptors (Lipinski definition) is 6. The maximum Gasteiger partial charge on any atom is 0.305 e. The van der Waals surface area contributed by atoms with Crippen molar-refractivity contribution < 1.29 is 29.0 Å². The van der Waals surface area contributed by atoms with Crippen LogP contribution in [0.2, 0.25) is 5.02 Å². The molecule has 3 aliphatic rings. The molecule has 0 unspecified atom stereocenters. The second-order valence-electron chi connectivity index (χ2n) is 12.4. The molecule has 39 heavy (non-hydrogen) atoms. The summed E-state index contributed by atoms with van der Waals surface area (Å²) in [6, 6.07) is 3.65. The minimum Gasteiger partial charge on any atom is -0.490 e. The van der Waals surface area contributed by atoms with Crippen LogP contribution in [-0.2, 0) is 14.4 Å². The summed E-state index contributed by atoms with van der Waals surface area (Å²) in [5, 5.41) is 9.91. The lowest BCUT2D eigenvalue weighted by molar-refractivity contribution is -0.137. The van der Waals surface area contributed by atoms with Crippen molar-refractivity contribution in [3.05, 3.63) is 45.3 Å². The molecular formula is C31H40ClNO6. The number of rotatable bonds is 9. The summed E-state index contributed by atoms with van der Waals surface area (Å²) < 4.78 is 11.9. The number of ether oxygens (including phenoxy) is 2. The van der Waals surface area contributed by atoms with E-state index in [0.29, 0.717) is 72.1 Å². The molecule has 1 aromatic carbocycles. The van der Waals surface area contributed by atoms with E-state index >= 15 is 0 Å². The predicted octanol–water partition coefficient (Wildman–Crippen LogP) is 6.69. The molecule has 2 aliphatic carbocycles. The molecule has 0 fully saturated rings. The molecule has 0 atom stereocenters. The second-order valence-corrected chi connectivity index (χ2v) is 12.8. The van der Waals surface area contributed by atoms with Gasteiger partial charge < -0.3 is 19.5 Å². The number of hydrogen-bond donors (Lipinski definition) is 1. The average molecular weight is 558 g/mol. The van der Waals surface area contributed by atoms with Gasteiger partial charge in [-0.15, -0.1) is 0 Å². The normalized spacial score (nSPS) is 20.6. The average Bonchev–Trinajstić information content (AvgIpc) is 2.80. The van der Waals surface area contributed by atoms with Crippen molar-refractivity contribution >= 4 is 29.1 Å². The number of Topliss-reactive ketones (excluding diaryl/α,β-unsaturated/α-hetero) is 2. The molecule has 8 heteroatoms. The molecule has 1 aliphatic heterocycles. The zero-order chi connectivity index (χ0) is 28.7. The van der Waals surface area contributed by atoms with Gasteiger partial charge in [0.25, 0.3) is 0 Å². The maximum atomic E-state index is 13.9. The van der Waals surface area contributed by atoms with Gasteiger partial charge in [0.05, 0.1) is 24.7 Å². The third-order valence-electron chi connectivity index (χ3n) is 7.69. The van der Waals surface area contributed by atoms with Crippen LogP contribution in [0.1, 0.15) is 91.5 Å². The summed E-state index contributed by atoms with van der Waals surface area (Å²) in [5.41, 5.74) is 2.94. The minimum absolute atomic E-state index is 0.0175. The van der Waals surface area contributed by atoms with E-state index in [9.17, 15) is 19.5 Å². The number of aliphatic carboxylic acids is 1. The standard InChI is InChI=1S/C31H40ClNO6/c1-7-11-39-29-19(32)12-18(13-24(29)38-8-2)26-27-20(14-30(3,4)16-22(27)34)33(10-9-25(36)37)21-15-31(5,6)17-23(35)28(21)26/h12-13,26H,7-11,14-17H2,1-6H3,(H,36,37). The minimum atomic E-state index is -0.917. The largest absolute Gasteiger partial charge is 0.490 e. The van der Waals surface area contributed by atoms with Gasteiger partial charge in [-0.2, -0.15) is 0 Å². The van der Waals surface area contributed by atoms with Crippen molar-refractivity contribution in [3.63, 3.8) is 0 Å². The van der Waals surface area contributed by atoms with Crippen LogP contribution >= 0.6 is 11.6 Å². The Morgan fingerprint density at radius 3 is 2.03 bits per heavy atom. The van der Waals surface area contributed by atoms with Crippen molar-refractivity contribution in [2.45, 2.75) is 86.0 Å². The maximum absolute atomic E-state index is 13.9. The van der Waals surface area contributed by atoms with E-state index in [1.807, 2.05) is 24.8 Å². The fourth-order valence-electron chi connectivity index (χ4n) is 6.22. The Bertz CT molecular complexity index is 1200. The molecule has 0 amide bonds. The van der Waals surface area contributed by atoms with Crippen molar-refractivity contribution in [2.24, 2.45) is 10.8 Å². The first-order chi connectivity index (χ1) is 18.3. The van der Waals surface area contributed by atoms with Gasteiger partial charge in [-0.1, -0.05) is 46.2 Å². The van der Waals surface area contributed by atoms with Crippen molar-refractivity contribution in [2.75, 3.05) is 19.8 Å². The summed E-state index contributed by atoms with van der Waals surface area (Å²) in [6.07, 6.45) is 2.63. The summed E-state index contributed by atoms with van der Waals surface area (Å²) in [7, 11) is 0. The lowest BCUT2D eigenvalue weighted by Crippen LogP contribution is -2.45. The van der Waals surface area contributed by atoms with Crippen LogP contribution in [0.15, 0.2) is 34.7 Å². The molecule has 0 aromatic heterocycles. The highest BCUT2D eigenvalue weighted by Crippen LogP contribution is 2.55. The lowest BCUT2D eigenvalue weighted by atomic mass is 9.63. The van der Waals surface area contributed by atoms with E-state index < -0.39 is 11.9 Å². The van der Waals surface area contributed by atoms with Gasteiger partial charge in [-0.25, -0.2) is 0 Å². The van der Waals surface area contributed by atoms with E-state index in [1.165, 1.54) is 0 Å². The second kappa shape index (κ2) is 11.0. The molecule has 0 bridgehead atoms. The van der Waals surface area contributed by atoms with Gasteiger partial charge in [0.1, 0.15) is 0 Å². The molecule has 1 N–H and O–H groups in total. The third-order valence-corrected chi connectivity index (χ3v) is 7.97. The fraction of sp³-hybridized carbons (Fsp3) is 0.581. The van der Waals surface area contributed by atoms with Crippen LogP contribution in [0.25, 0.3) is 0 Å². The first-order valence-electron chi connectivity index (χ1n) is 13.9. The van der Waals surface area contributed by atoms with Crippen LogP contribution in [0, 0.1) is 10.8 Å². The summed E-state index contributed by atoms with van der Waals surface area (Å²) >= 11 is 6.77. The number of carboxylic acids is 1. The van der Waals surface area contributed by atoms with E-state index in [0.717, 1.165) is 17.8 Å². The van der Waals surface area contributed by atoms with Gasteiger partial charge in [-0.05, 0) is 54.7 Å². The number of halogens is 1. The summed E-state index contributed by atoms with van der Waals surface area (Å²) in [5.74, 6) is -0.607. The Hall–Kier alpha value is -2.80. The molecule has 0 saturated heterocycles. The predicted molar refractivity (Wildman–Crippen MR) is 150 cm³/mol. The van der Waals surface area contributed by atoms with Gasteiger partial charge in [0.15, 0.2) is 23.1 Å². The zero-order valence-corrected chi connectivity index (χ0v) is 24.7. The zero-order valence-electron chi connectivity index (χ0n) is 23.9. The molecule has 7 nitrogen and oxygen atoms in total. The number of ketones is 2. The SMILES string of the molecule is CCCOc1c(Cl)cc(C2C3=C(CC(C)(C)CC3=O)N(CCC(=O)O)C3=C2C(=O)CC(C)(C)C3)cc1OCC. The molecule has 1 aromatic rings. The van der Waals surface area contributed by atoms with Gasteiger partial charge in [0.2, 0.25) is 0 Å². The smallest absolute Gasteiger partial charge is 0.305 e. The van der Waals surface area contributed by atoms with E-state index in [-0.39, 0.29) is 35.4 Å². The van der Waals surface area contributed by atoms with Crippen molar-refractivity contribution in [1.82, 2.24) is 4.90 Å². The van der Waals surface area contributed by atoms with Gasteiger partial charge >= 0.3 is 5.97 Å². The highest BCUT2D eigenvalue weighted by Gasteiger charge is 2.49. The number of benzene rings is 1. The summed E-state index contributed by atoms with van der Waals surface area (Å²) in [6.45, 7) is 13.2. The van der Waals surface area contributed by atoms with Crippen LogP contribution < -0.4 is 9.47 Å². The first kappa shape index (κ1) is 29.2. The molecule has 0 radical (unpaired) electrons. The monoisotopic (exact) mass is 557 g/mol. The first-order valence-corrected chi connectivity index (χ1v) is 14.3. The Morgan fingerprint density at radius 2 is 1.54 bits per heavy atom. The van der Waals surface area contributed by atoms with Crippen LogP contribution in [-0.4, -0.2) is 47.3 Å². The van der Waals surface area contributed by atoms with E-state index in [2.05, 4.69) is 27.7 Å². The van der Waals surface area contributed by atoms with Crippen LogP contribution in [0.3, 0.4) is 0 Å². The molecule has 1 heterocycles. The molecule has 0 saturated carbocycles. The Balaban J connectivity index is 1.98. The topological polar surface area (TPSA) is 93.1 Å². The highest BCUT2D eigenvalue weighted by atomic mass is 35.5. The van der Waals surface area contributed by atoms with Crippen LogP contribution in [0.5, 0.6) is 11.5 Å².